The number of nitrogens with zero attached hydrogens (tertiary/aromatic N) is 3. The van der Waals surface area contributed by atoms with Gasteiger partial charge in [-0.25, -0.2) is 9.78 Å². The van der Waals surface area contributed by atoms with Crippen LogP contribution in [0.25, 0.3) is 0 Å². The number of carbonyl (C=O) groups is 2. The topological polar surface area (TPSA) is 111 Å². The lowest BCUT2D eigenvalue weighted by Gasteiger charge is -2.24. The monoisotopic (exact) mass is 269 g/mol. The van der Waals surface area contributed by atoms with E-state index in [4.69, 9.17) is 5.11 Å². The Kier molecular flexibility index (Phi) is 5.28. The van der Waals surface area contributed by atoms with Crippen molar-refractivity contribution >= 4 is 12.0 Å². The Bertz CT molecular complexity index is 418. The molecule has 0 radical (unpaired) electrons. The molecule has 1 aromatic heterocycles. The van der Waals surface area contributed by atoms with Crippen molar-refractivity contribution in [2.45, 2.75) is 26.8 Å². The van der Waals surface area contributed by atoms with Gasteiger partial charge in [-0.1, -0.05) is 13.8 Å². The average molecular weight is 269 g/mol. The Hall–Kier alpha value is -2.12. The first-order valence-corrected chi connectivity index (χ1v) is 6.02. The normalized spacial score (nSPS) is 12.2. The fourth-order valence-corrected chi connectivity index (χ4v) is 1.59. The van der Waals surface area contributed by atoms with Crippen molar-refractivity contribution in [2.75, 3.05) is 13.1 Å². The van der Waals surface area contributed by atoms with Gasteiger partial charge in [0.25, 0.3) is 0 Å². The summed E-state index contributed by atoms with van der Waals surface area (Å²) in [6, 6.07) is -0.793. The summed E-state index contributed by atoms with van der Waals surface area (Å²) < 4.78 is 0. The van der Waals surface area contributed by atoms with E-state index in [0.29, 0.717) is 12.4 Å². The van der Waals surface area contributed by atoms with Crippen LogP contribution in [0.2, 0.25) is 0 Å². The minimum absolute atomic E-state index is 0.186. The van der Waals surface area contributed by atoms with Crippen molar-refractivity contribution in [1.82, 2.24) is 25.4 Å². The van der Waals surface area contributed by atoms with Gasteiger partial charge in [0, 0.05) is 6.54 Å². The quantitative estimate of drug-likeness (QED) is 0.701. The first kappa shape index (κ1) is 14.9. The van der Waals surface area contributed by atoms with Crippen molar-refractivity contribution in [2.24, 2.45) is 5.92 Å². The van der Waals surface area contributed by atoms with Crippen LogP contribution in [0.4, 0.5) is 4.79 Å². The van der Waals surface area contributed by atoms with Crippen molar-refractivity contribution < 1.29 is 14.7 Å². The van der Waals surface area contributed by atoms with Gasteiger partial charge in [-0.2, -0.15) is 5.10 Å². The second-order valence-corrected chi connectivity index (χ2v) is 4.71. The molecule has 0 aliphatic rings. The van der Waals surface area contributed by atoms with E-state index < -0.39 is 12.0 Å². The zero-order valence-electron chi connectivity index (χ0n) is 11.3. The number of rotatable bonds is 6. The van der Waals surface area contributed by atoms with Crippen molar-refractivity contribution in [3.05, 3.63) is 12.2 Å². The number of amides is 2. The van der Waals surface area contributed by atoms with Crippen LogP contribution in [0, 0.1) is 5.92 Å². The average Bonchev–Trinajstić information content (AvgIpc) is 2.79. The molecule has 0 aliphatic carbocycles. The Morgan fingerprint density at radius 1 is 1.47 bits per heavy atom. The molecule has 1 aromatic rings. The SMILES string of the molecule is CC(C)CN(CC(=O)O)C(=O)NC(C)c1ncn[nH]1. The van der Waals surface area contributed by atoms with E-state index in [1.165, 1.54) is 11.2 Å². The van der Waals surface area contributed by atoms with Gasteiger partial charge in [0.1, 0.15) is 18.7 Å². The van der Waals surface area contributed by atoms with E-state index in [1.807, 2.05) is 13.8 Å². The fourth-order valence-electron chi connectivity index (χ4n) is 1.59. The third-order valence-corrected chi connectivity index (χ3v) is 2.38. The van der Waals surface area contributed by atoms with Crippen molar-refractivity contribution in [1.29, 1.82) is 0 Å². The van der Waals surface area contributed by atoms with Crippen molar-refractivity contribution in [3.8, 4) is 0 Å². The summed E-state index contributed by atoms with van der Waals surface area (Å²) >= 11 is 0. The van der Waals surface area contributed by atoms with Crippen LogP contribution in [-0.4, -0.2) is 50.3 Å². The number of aliphatic carboxylic acids is 1. The number of nitrogens with one attached hydrogen (secondary N) is 2. The summed E-state index contributed by atoms with van der Waals surface area (Å²) in [5, 5.41) is 17.8. The molecule has 0 aliphatic heterocycles. The van der Waals surface area contributed by atoms with Crippen LogP contribution in [-0.2, 0) is 4.79 Å². The number of hydrogen-bond acceptors (Lipinski definition) is 4. The lowest BCUT2D eigenvalue weighted by atomic mass is 10.2. The minimum Gasteiger partial charge on any atom is -0.480 e. The summed E-state index contributed by atoms with van der Waals surface area (Å²) in [5.74, 6) is -0.332. The molecular formula is C11H19N5O3. The Balaban J connectivity index is 2.63. The van der Waals surface area contributed by atoms with Gasteiger partial charge in [0.2, 0.25) is 0 Å². The van der Waals surface area contributed by atoms with E-state index in [0.717, 1.165) is 0 Å². The molecule has 19 heavy (non-hydrogen) atoms. The van der Waals surface area contributed by atoms with Gasteiger partial charge in [0.05, 0.1) is 6.04 Å². The molecule has 8 nitrogen and oxygen atoms in total. The highest BCUT2D eigenvalue weighted by molar-refractivity contribution is 5.80. The number of carboxylic acids is 1. The van der Waals surface area contributed by atoms with Crippen molar-refractivity contribution in [3.63, 3.8) is 0 Å². The van der Waals surface area contributed by atoms with Gasteiger partial charge in [-0.3, -0.25) is 9.89 Å². The predicted octanol–water partition coefficient (Wildman–Crippen LogP) is 0.618. The maximum Gasteiger partial charge on any atom is 0.323 e. The molecule has 3 N–H and O–H groups in total. The highest BCUT2D eigenvalue weighted by atomic mass is 16.4. The lowest BCUT2D eigenvalue weighted by molar-refractivity contribution is -0.137. The molecule has 8 heteroatoms. The zero-order chi connectivity index (χ0) is 14.4. The van der Waals surface area contributed by atoms with Gasteiger partial charge in [-0.05, 0) is 12.8 Å². The molecule has 0 fully saturated rings. The first-order chi connectivity index (χ1) is 8.90. The second-order valence-electron chi connectivity index (χ2n) is 4.71. The number of aromatic nitrogens is 3. The number of urea groups is 1. The van der Waals surface area contributed by atoms with Crippen LogP contribution in [0.3, 0.4) is 0 Å². The van der Waals surface area contributed by atoms with Crippen LogP contribution in [0.15, 0.2) is 6.33 Å². The van der Waals surface area contributed by atoms with E-state index >= 15 is 0 Å². The Morgan fingerprint density at radius 2 is 2.16 bits per heavy atom. The molecule has 0 aromatic carbocycles. The summed E-state index contributed by atoms with van der Waals surface area (Å²) in [6.45, 7) is 5.63. The fraction of sp³-hybridized carbons (Fsp3) is 0.636. The van der Waals surface area contributed by atoms with E-state index in [2.05, 4.69) is 20.5 Å². The summed E-state index contributed by atoms with van der Waals surface area (Å²) in [5.41, 5.74) is 0. The predicted molar refractivity (Wildman–Crippen MR) is 67.4 cm³/mol. The molecule has 0 saturated carbocycles. The standard InChI is InChI=1S/C11H19N5O3/c1-7(2)4-16(5-9(17)18)11(19)14-8(3)10-12-6-13-15-10/h6-8H,4-5H2,1-3H3,(H,14,19)(H,17,18)(H,12,13,15). The molecule has 0 spiro atoms. The van der Waals surface area contributed by atoms with Crippen LogP contribution < -0.4 is 5.32 Å². The smallest absolute Gasteiger partial charge is 0.323 e. The highest BCUT2D eigenvalue weighted by Crippen LogP contribution is 2.06. The van der Waals surface area contributed by atoms with E-state index in [1.54, 1.807) is 6.92 Å². The third kappa shape index (κ3) is 4.94. The van der Waals surface area contributed by atoms with Crippen LogP contribution >= 0.6 is 0 Å². The van der Waals surface area contributed by atoms with E-state index in [-0.39, 0.29) is 18.5 Å². The molecular weight excluding hydrogens is 250 g/mol. The molecule has 1 rings (SSSR count). The molecule has 106 valence electrons. The highest BCUT2D eigenvalue weighted by Gasteiger charge is 2.20. The summed E-state index contributed by atoms with van der Waals surface area (Å²) in [7, 11) is 0. The molecule has 0 bridgehead atoms. The van der Waals surface area contributed by atoms with Gasteiger partial charge in [0.15, 0.2) is 0 Å². The maximum atomic E-state index is 12.0. The number of carbonyl (C=O) groups excluding carboxylic acids is 1. The Labute approximate surface area is 111 Å². The number of hydrogen-bond donors (Lipinski definition) is 3. The van der Waals surface area contributed by atoms with Gasteiger partial charge in [-0.15, -0.1) is 0 Å². The van der Waals surface area contributed by atoms with Gasteiger partial charge >= 0.3 is 12.0 Å². The molecule has 1 unspecified atom stereocenters. The molecule has 1 atom stereocenters. The van der Waals surface area contributed by atoms with E-state index in [9.17, 15) is 9.59 Å². The third-order valence-electron chi connectivity index (χ3n) is 2.38. The zero-order valence-corrected chi connectivity index (χ0v) is 11.3. The number of aromatic amines is 1. The lowest BCUT2D eigenvalue weighted by Crippen LogP contribution is -2.45. The van der Waals surface area contributed by atoms with Crippen LogP contribution in [0.1, 0.15) is 32.6 Å². The summed E-state index contributed by atoms with van der Waals surface area (Å²) in [4.78, 5) is 28.0. The molecule has 2 amide bonds. The first-order valence-electron chi connectivity index (χ1n) is 6.02. The molecule has 0 saturated heterocycles. The summed E-state index contributed by atoms with van der Waals surface area (Å²) in [6.07, 6.45) is 1.35. The van der Waals surface area contributed by atoms with Crippen LogP contribution in [0.5, 0.6) is 0 Å². The molecule has 1 heterocycles. The Morgan fingerprint density at radius 3 is 2.63 bits per heavy atom. The minimum atomic E-state index is -1.04. The van der Waals surface area contributed by atoms with Gasteiger partial charge < -0.3 is 15.3 Å². The number of H-pyrrole nitrogens is 1. The number of carboxylic acid groups (broad SMARTS) is 1. The maximum absolute atomic E-state index is 12.0. The largest absolute Gasteiger partial charge is 0.480 e. The second kappa shape index (κ2) is 6.72.